The fourth-order valence-electron chi connectivity index (χ4n) is 2.00. The highest BCUT2D eigenvalue weighted by Gasteiger charge is 2.14. The molecule has 0 saturated carbocycles. The van der Waals surface area contributed by atoms with Crippen LogP contribution in [0.15, 0.2) is 30.3 Å². The van der Waals surface area contributed by atoms with Gasteiger partial charge in [-0.3, -0.25) is 0 Å². The van der Waals surface area contributed by atoms with E-state index < -0.39 is 10.0 Å². The molecule has 0 unspecified atom stereocenters. The Labute approximate surface area is 116 Å². The van der Waals surface area contributed by atoms with Crippen molar-refractivity contribution in [1.82, 2.24) is 10.0 Å². The third-order valence-corrected chi connectivity index (χ3v) is 3.64. The molecule has 0 aliphatic carbocycles. The molecule has 1 aromatic rings. The molecular weight excluding hydrogens is 260 g/mol. The molecule has 0 saturated heterocycles. The highest BCUT2D eigenvalue weighted by atomic mass is 32.2. The predicted octanol–water partition coefficient (Wildman–Crippen LogP) is 1.91. The average molecular weight is 284 g/mol. The minimum atomic E-state index is -3.07. The van der Waals surface area contributed by atoms with Gasteiger partial charge in [-0.15, -0.1) is 0 Å². The topological polar surface area (TPSA) is 58.2 Å². The van der Waals surface area contributed by atoms with Crippen molar-refractivity contribution in [2.24, 2.45) is 5.92 Å². The quantitative estimate of drug-likeness (QED) is 0.717. The van der Waals surface area contributed by atoms with E-state index in [1.807, 2.05) is 18.2 Å². The molecular formula is C14H24N2O2S. The van der Waals surface area contributed by atoms with Crippen LogP contribution < -0.4 is 10.0 Å². The van der Waals surface area contributed by atoms with E-state index in [0.717, 1.165) is 13.0 Å². The second-order valence-electron chi connectivity index (χ2n) is 5.11. The van der Waals surface area contributed by atoms with Crippen LogP contribution in [0.5, 0.6) is 0 Å². The Morgan fingerprint density at radius 3 is 2.26 bits per heavy atom. The van der Waals surface area contributed by atoms with Gasteiger partial charge in [0, 0.05) is 12.6 Å². The lowest BCUT2D eigenvalue weighted by Crippen LogP contribution is -2.30. The summed E-state index contributed by atoms with van der Waals surface area (Å²) < 4.78 is 24.3. The van der Waals surface area contributed by atoms with Crippen LogP contribution in [0, 0.1) is 5.92 Å². The second kappa shape index (κ2) is 7.62. The van der Waals surface area contributed by atoms with Gasteiger partial charge in [-0.2, -0.15) is 0 Å². The molecule has 0 fully saturated rings. The molecule has 1 aromatic carbocycles. The normalized spacial score (nSPS) is 13.7. The van der Waals surface area contributed by atoms with Gasteiger partial charge in [0.1, 0.15) is 0 Å². The summed E-state index contributed by atoms with van der Waals surface area (Å²) in [4.78, 5) is 0. The van der Waals surface area contributed by atoms with E-state index >= 15 is 0 Å². The monoisotopic (exact) mass is 284 g/mol. The predicted molar refractivity (Wildman–Crippen MR) is 79.5 cm³/mol. The molecule has 0 heterocycles. The van der Waals surface area contributed by atoms with Crippen molar-refractivity contribution >= 4 is 10.0 Å². The van der Waals surface area contributed by atoms with E-state index in [9.17, 15) is 8.42 Å². The Morgan fingerprint density at radius 1 is 1.11 bits per heavy atom. The van der Waals surface area contributed by atoms with E-state index in [0.29, 0.717) is 18.5 Å². The zero-order valence-corrected chi connectivity index (χ0v) is 12.7. The van der Waals surface area contributed by atoms with Crippen LogP contribution in [0.1, 0.15) is 31.9 Å². The van der Waals surface area contributed by atoms with Gasteiger partial charge in [-0.25, -0.2) is 13.1 Å². The van der Waals surface area contributed by atoms with E-state index in [2.05, 4.69) is 36.0 Å². The molecule has 0 aliphatic heterocycles. The number of sulfonamides is 1. The Bertz CT molecular complexity index is 458. The van der Waals surface area contributed by atoms with Crippen molar-refractivity contribution < 1.29 is 8.42 Å². The summed E-state index contributed by atoms with van der Waals surface area (Å²) in [7, 11) is -3.07. The van der Waals surface area contributed by atoms with Gasteiger partial charge in [0.05, 0.1) is 6.26 Å². The standard InChI is InChI=1S/C14H24N2O2S/c1-12(2)14(13-8-5-4-6-9-13)15-10-7-11-16-19(3,17)18/h4-6,8-9,12,14-16H,7,10-11H2,1-3H3/t14-/m1/s1. The van der Waals surface area contributed by atoms with Crippen LogP contribution in [-0.4, -0.2) is 27.8 Å². The molecule has 0 bridgehead atoms. The van der Waals surface area contributed by atoms with E-state index in [1.165, 1.54) is 11.8 Å². The van der Waals surface area contributed by atoms with Crippen LogP contribution in [0.25, 0.3) is 0 Å². The van der Waals surface area contributed by atoms with Gasteiger partial charge >= 0.3 is 0 Å². The molecule has 0 radical (unpaired) electrons. The molecule has 108 valence electrons. The zero-order valence-electron chi connectivity index (χ0n) is 11.9. The zero-order chi connectivity index (χ0) is 14.3. The van der Waals surface area contributed by atoms with Crippen LogP contribution in [0.4, 0.5) is 0 Å². The molecule has 2 N–H and O–H groups in total. The summed E-state index contributed by atoms with van der Waals surface area (Å²) in [5, 5.41) is 3.49. The summed E-state index contributed by atoms with van der Waals surface area (Å²) >= 11 is 0. The first kappa shape index (κ1) is 16.1. The van der Waals surface area contributed by atoms with Gasteiger partial charge in [0.2, 0.25) is 10.0 Å². The maximum Gasteiger partial charge on any atom is 0.208 e. The molecule has 5 heteroatoms. The number of hydrogen-bond acceptors (Lipinski definition) is 3. The average Bonchev–Trinajstić information content (AvgIpc) is 2.33. The summed E-state index contributed by atoms with van der Waals surface area (Å²) in [5.41, 5.74) is 1.27. The Hall–Kier alpha value is -0.910. The fourth-order valence-corrected chi connectivity index (χ4v) is 2.52. The lowest BCUT2D eigenvalue weighted by Gasteiger charge is -2.23. The van der Waals surface area contributed by atoms with E-state index in [4.69, 9.17) is 0 Å². The lowest BCUT2D eigenvalue weighted by molar-refractivity contribution is 0.409. The van der Waals surface area contributed by atoms with Gasteiger partial charge in [-0.1, -0.05) is 44.2 Å². The van der Waals surface area contributed by atoms with Crippen LogP contribution in [-0.2, 0) is 10.0 Å². The summed E-state index contributed by atoms with van der Waals surface area (Å²) in [5.74, 6) is 0.491. The number of benzene rings is 1. The molecule has 1 rings (SSSR count). The van der Waals surface area contributed by atoms with Crippen molar-refractivity contribution in [3.8, 4) is 0 Å². The third kappa shape index (κ3) is 6.71. The second-order valence-corrected chi connectivity index (χ2v) is 6.94. The minimum Gasteiger partial charge on any atom is -0.310 e. The van der Waals surface area contributed by atoms with Crippen LogP contribution >= 0.6 is 0 Å². The van der Waals surface area contributed by atoms with E-state index in [-0.39, 0.29) is 0 Å². The van der Waals surface area contributed by atoms with E-state index in [1.54, 1.807) is 0 Å². The molecule has 19 heavy (non-hydrogen) atoms. The summed E-state index contributed by atoms with van der Waals surface area (Å²) in [6, 6.07) is 10.6. The summed E-state index contributed by atoms with van der Waals surface area (Å²) in [6.45, 7) is 5.63. The number of rotatable bonds is 8. The highest BCUT2D eigenvalue weighted by Crippen LogP contribution is 2.20. The van der Waals surface area contributed by atoms with Crippen molar-refractivity contribution in [1.29, 1.82) is 0 Å². The van der Waals surface area contributed by atoms with Crippen molar-refractivity contribution in [3.05, 3.63) is 35.9 Å². The lowest BCUT2D eigenvalue weighted by atomic mass is 9.96. The Balaban J connectivity index is 2.40. The highest BCUT2D eigenvalue weighted by molar-refractivity contribution is 7.88. The van der Waals surface area contributed by atoms with Crippen LogP contribution in [0.3, 0.4) is 0 Å². The van der Waals surface area contributed by atoms with Gasteiger partial charge in [-0.05, 0) is 24.4 Å². The number of hydrogen-bond donors (Lipinski definition) is 2. The van der Waals surface area contributed by atoms with Gasteiger partial charge in [0.25, 0.3) is 0 Å². The van der Waals surface area contributed by atoms with Crippen molar-refractivity contribution in [2.75, 3.05) is 19.3 Å². The first-order chi connectivity index (χ1) is 8.90. The molecule has 0 amide bonds. The maximum atomic E-state index is 10.9. The summed E-state index contributed by atoms with van der Waals surface area (Å²) in [6.07, 6.45) is 1.96. The van der Waals surface area contributed by atoms with Crippen molar-refractivity contribution in [2.45, 2.75) is 26.3 Å². The molecule has 0 aliphatic rings. The van der Waals surface area contributed by atoms with Gasteiger partial charge < -0.3 is 5.32 Å². The maximum absolute atomic E-state index is 10.9. The largest absolute Gasteiger partial charge is 0.310 e. The molecule has 0 spiro atoms. The number of nitrogens with one attached hydrogen (secondary N) is 2. The first-order valence-corrected chi connectivity index (χ1v) is 8.52. The fraction of sp³-hybridized carbons (Fsp3) is 0.571. The Morgan fingerprint density at radius 2 is 1.74 bits per heavy atom. The molecule has 1 atom stereocenters. The first-order valence-electron chi connectivity index (χ1n) is 6.63. The van der Waals surface area contributed by atoms with Gasteiger partial charge in [0.15, 0.2) is 0 Å². The van der Waals surface area contributed by atoms with Crippen LogP contribution in [0.2, 0.25) is 0 Å². The minimum absolute atomic E-state index is 0.305. The molecule has 0 aromatic heterocycles. The smallest absolute Gasteiger partial charge is 0.208 e. The SMILES string of the molecule is CC(C)[C@@H](NCCCNS(C)(=O)=O)c1ccccc1. The molecule has 4 nitrogen and oxygen atoms in total. The third-order valence-electron chi connectivity index (χ3n) is 2.91. The van der Waals surface area contributed by atoms with Crippen molar-refractivity contribution in [3.63, 3.8) is 0 Å². The Kier molecular flexibility index (Phi) is 6.48.